The standard InChI is InChI=1S/C8H13F2NO2/c1-13-7(12)2-6-3-8(9,10)5-11-4-6/h6,11H,2-5H2,1H3. The van der Waals surface area contributed by atoms with Gasteiger partial charge in [-0.15, -0.1) is 0 Å². The van der Waals surface area contributed by atoms with Gasteiger partial charge in [-0.25, -0.2) is 8.78 Å². The highest BCUT2D eigenvalue weighted by Crippen LogP contribution is 2.27. The third-order valence-corrected chi connectivity index (χ3v) is 2.09. The van der Waals surface area contributed by atoms with Gasteiger partial charge in [0.2, 0.25) is 0 Å². The van der Waals surface area contributed by atoms with E-state index >= 15 is 0 Å². The van der Waals surface area contributed by atoms with E-state index in [4.69, 9.17) is 0 Å². The fraction of sp³-hybridized carbons (Fsp3) is 0.875. The van der Waals surface area contributed by atoms with Crippen LogP contribution in [0.5, 0.6) is 0 Å². The molecule has 76 valence electrons. The molecule has 0 radical (unpaired) electrons. The lowest BCUT2D eigenvalue weighted by Crippen LogP contribution is -2.44. The van der Waals surface area contributed by atoms with E-state index < -0.39 is 11.9 Å². The van der Waals surface area contributed by atoms with Crippen LogP contribution in [0.4, 0.5) is 8.78 Å². The molecule has 0 aliphatic carbocycles. The Kier molecular flexibility index (Phi) is 3.19. The van der Waals surface area contributed by atoms with Gasteiger partial charge in [0.1, 0.15) is 0 Å². The second-order valence-electron chi connectivity index (χ2n) is 3.34. The second-order valence-corrected chi connectivity index (χ2v) is 3.34. The molecule has 13 heavy (non-hydrogen) atoms. The molecule has 0 aromatic rings. The molecule has 0 aromatic carbocycles. The first-order chi connectivity index (χ1) is 6.03. The number of carbonyl (C=O) groups excluding carboxylic acids is 1. The van der Waals surface area contributed by atoms with Crippen LogP contribution in [0, 0.1) is 5.92 Å². The van der Waals surface area contributed by atoms with Crippen LogP contribution in [0.2, 0.25) is 0 Å². The van der Waals surface area contributed by atoms with Gasteiger partial charge in [-0.2, -0.15) is 0 Å². The first kappa shape index (κ1) is 10.4. The third kappa shape index (κ3) is 3.26. The maximum absolute atomic E-state index is 12.8. The molecule has 3 nitrogen and oxygen atoms in total. The Morgan fingerprint density at radius 2 is 2.38 bits per heavy atom. The van der Waals surface area contributed by atoms with E-state index in [0.717, 1.165) is 0 Å². The molecule has 0 aromatic heterocycles. The zero-order valence-electron chi connectivity index (χ0n) is 7.48. The van der Waals surface area contributed by atoms with Crippen LogP contribution in [0.3, 0.4) is 0 Å². The number of rotatable bonds is 2. The molecule has 1 aliphatic heterocycles. The Morgan fingerprint density at radius 1 is 1.69 bits per heavy atom. The van der Waals surface area contributed by atoms with Crippen molar-refractivity contribution in [3.63, 3.8) is 0 Å². The zero-order valence-corrected chi connectivity index (χ0v) is 7.48. The Hall–Kier alpha value is -0.710. The summed E-state index contributed by atoms with van der Waals surface area (Å²) in [7, 11) is 1.26. The molecule has 1 heterocycles. The predicted molar refractivity (Wildman–Crippen MR) is 42.6 cm³/mol. The van der Waals surface area contributed by atoms with Crippen LogP contribution in [-0.2, 0) is 9.53 Å². The fourth-order valence-corrected chi connectivity index (χ4v) is 1.49. The van der Waals surface area contributed by atoms with Crippen molar-refractivity contribution < 1.29 is 18.3 Å². The van der Waals surface area contributed by atoms with Crippen LogP contribution in [-0.4, -0.2) is 32.1 Å². The molecular weight excluding hydrogens is 180 g/mol. The molecule has 1 atom stereocenters. The van der Waals surface area contributed by atoms with E-state index in [1.807, 2.05) is 0 Å². The Labute approximate surface area is 75.4 Å². The molecular formula is C8H13F2NO2. The topological polar surface area (TPSA) is 38.3 Å². The lowest BCUT2D eigenvalue weighted by Gasteiger charge is -2.28. The number of carbonyl (C=O) groups is 1. The van der Waals surface area contributed by atoms with Gasteiger partial charge < -0.3 is 10.1 Å². The molecule has 1 aliphatic rings. The van der Waals surface area contributed by atoms with Crippen molar-refractivity contribution in [2.75, 3.05) is 20.2 Å². The Balaban J connectivity index is 2.39. The summed E-state index contributed by atoms with van der Waals surface area (Å²) < 4.78 is 30.0. The molecule has 1 N–H and O–H groups in total. The fourth-order valence-electron chi connectivity index (χ4n) is 1.49. The van der Waals surface area contributed by atoms with Crippen molar-refractivity contribution in [2.45, 2.75) is 18.8 Å². The predicted octanol–water partition coefficient (Wildman–Crippen LogP) is 0.794. The number of esters is 1. The van der Waals surface area contributed by atoms with Gasteiger partial charge in [0.05, 0.1) is 13.7 Å². The smallest absolute Gasteiger partial charge is 0.305 e. The van der Waals surface area contributed by atoms with Crippen molar-refractivity contribution in [3.8, 4) is 0 Å². The van der Waals surface area contributed by atoms with Gasteiger partial charge in [0.15, 0.2) is 0 Å². The molecule has 0 spiro atoms. The Bertz CT molecular complexity index is 197. The van der Waals surface area contributed by atoms with E-state index in [1.54, 1.807) is 0 Å². The maximum atomic E-state index is 12.8. The summed E-state index contributed by atoms with van der Waals surface area (Å²) in [6.45, 7) is 0.176. The summed E-state index contributed by atoms with van der Waals surface area (Å²) >= 11 is 0. The SMILES string of the molecule is COC(=O)CC1CNCC(F)(F)C1. The highest BCUT2D eigenvalue weighted by Gasteiger charge is 2.36. The summed E-state index contributed by atoms with van der Waals surface area (Å²) in [4.78, 5) is 10.8. The van der Waals surface area contributed by atoms with Crippen LogP contribution in [0.15, 0.2) is 0 Å². The van der Waals surface area contributed by atoms with Crippen LogP contribution >= 0.6 is 0 Å². The van der Waals surface area contributed by atoms with Gasteiger partial charge in [0, 0.05) is 12.8 Å². The molecule has 0 amide bonds. The number of ether oxygens (including phenoxy) is 1. The quantitative estimate of drug-likeness (QED) is 0.659. The van der Waals surface area contributed by atoms with E-state index in [-0.39, 0.29) is 25.3 Å². The van der Waals surface area contributed by atoms with Crippen molar-refractivity contribution in [3.05, 3.63) is 0 Å². The van der Waals surface area contributed by atoms with Crippen molar-refractivity contribution >= 4 is 5.97 Å². The summed E-state index contributed by atoms with van der Waals surface area (Å²) in [5, 5.41) is 2.60. The van der Waals surface area contributed by atoms with Gasteiger partial charge >= 0.3 is 5.97 Å². The molecule has 1 unspecified atom stereocenters. The number of alkyl halides is 2. The normalized spacial score (nSPS) is 26.8. The van der Waals surface area contributed by atoms with E-state index in [1.165, 1.54) is 7.11 Å². The van der Waals surface area contributed by atoms with Gasteiger partial charge in [0.25, 0.3) is 5.92 Å². The molecule has 1 saturated heterocycles. The number of piperidine rings is 1. The summed E-state index contributed by atoms with van der Waals surface area (Å²) in [5.74, 6) is -3.42. The highest BCUT2D eigenvalue weighted by molar-refractivity contribution is 5.69. The molecule has 5 heteroatoms. The zero-order chi connectivity index (χ0) is 9.90. The molecule has 1 fully saturated rings. The van der Waals surface area contributed by atoms with Gasteiger partial charge in [-0.3, -0.25) is 4.79 Å². The summed E-state index contributed by atoms with van der Waals surface area (Å²) in [5.41, 5.74) is 0. The van der Waals surface area contributed by atoms with E-state index in [0.29, 0.717) is 6.54 Å². The van der Waals surface area contributed by atoms with Crippen LogP contribution in [0.1, 0.15) is 12.8 Å². The molecule has 1 rings (SSSR count). The summed E-state index contributed by atoms with van der Waals surface area (Å²) in [6.07, 6.45) is -0.159. The van der Waals surface area contributed by atoms with Gasteiger partial charge in [-0.05, 0) is 12.5 Å². The van der Waals surface area contributed by atoms with Crippen molar-refractivity contribution in [1.82, 2.24) is 5.32 Å². The largest absolute Gasteiger partial charge is 0.469 e. The lowest BCUT2D eigenvalue weighted by atomic mass is 9.94. The van der Waals surface area contributed by atoms with Crippen LogP contribution < -0.4 is 5.32 Å². The first-order valence-corrected chi connectivity index (χ1v) is 4.19. The first-order valence-electron chi connectivity index (χ1n) is 4.19. The minimum absolute atomic E-state index is 0.0685. The summed E-state index contributed by atoms with van der Waals surface area (Å²) in [6, 6.07) is 0. The highest BCUT2D eigenvalue weighted by atomic mass is 19.3. The van der Waals surface area contributed by atoms with Crippen molar-refractivity contribution in [1.29, 1.82) is 0 Å². The van der Waals surface area contributed by atoms with Gasteiger partial charge in [-0.1, -0.05) is 0 Å². The molecule has 0 bridgehead atoms. The second kappa shape index (κ2) is 4.00. The van der Waals surface area contributed by atoms with E-state index in [9.17, 15) is 13.6 Å². The van der Waals surface area contributed by atoms with E-state index in [2.05, 4.69) is 10.1 Å². The Morgan fingerprint density at radius 3 is 2.92 bits per heavy atom. The molecule has 0 saturated carbocycles. The lowest BCUT2D eigenvalue weighted by molar-refractivity contribution is -0.142. The number of methoxy groups -OCH3 is 1. The third-order valence-electron chi connectivity index (χ3n) is 2.09. The number of hydrogen-bond donors (Lipinski definition) is 1. The minimum Gasteiger partial charge on any atom is -0.469 e. The number of nitrogens with one attached hydrogen (secondary N) is 1. The minimum atomic E-state index is -2.68. The number of halogens is 2. The maximum Gasteiger partial charge on any atom is 0.305 e. The van der Waals surface area contributed by atoms with Crippen LogP contribution in [0.25, 0.3) is 0 Å². The average Bonchev–Trinajstić information content (AvgIpc) is 2.02. The van der Waals surface area contributed by atoms with Crippen molar-refractivity contribution in [2.24, 2.45) is 5.92 Å². The monoisotopic (exact) mass is 193 g/mol. The average molecular weight is 193 g/mol. The number of hydrogen-bond acceptors (Lipinski definition) is 3.